The SMILES string of the molecule is Cl.N[C@@H](c1ccc(OCc2ccccc2)cc1)C1CCC1. The second-order valence-corrected chi connectivity index (χ2v) is 5.56. The van der Waals surface area contributed by atoms with Crippen LogP contribution >= 0.6 is 12.4 Å². The van der Waals surface area contributed by atoms with Crippen LogP contribution in [0.5, 0.6) is 5.75 Å². The van der Waals surface area contributed by atoms with Gasteiger partial charge in [-0.2, -0.15) is 0 Å². The number of nitrogens with two attached hydrogens (primary N) is 1. The lowest BCUT2D eigenvalue weighted by molar-refractivity contribution is 0.264. The van der Waals surface area contributed by atoms with Crippen molar-refractivity contribution >= 4 is 12.4 Å². The third-order valence-electron chi connectivity index (χ3n) is 4.17. The van der Waals surface area contributed by atoms with Gasteiger partial charge in [-0.05, 0) is 42.0 Å². The molecule has 2 nitrogen and oxygen atoms in total. The lowest BCUT2D eigenvalue weighted by Crippen LogP contribution is -2.26. The van der Waals surface area contributed by atoms with Crippen LogP contribution in [-0.2, 0) is 6.61 Å². The predicted octanol–water partition coefficient (Wildman–Crippen LogP) is 4.49. The topological polar surface area (TPSA) is 35.2 Å². The summed E-state index contributed by atoms with van der Waals surface area (Å²) in [6, 6.07) is 18.6. The van der Waals surface area contributed by atoms with Gasteiger partial charge in [0.25, 0.3) is 0 Å². The van der Waals surface area contributed by atoms with Crippen LogP contribution < -0.4 is 10.5 Å². The highest BCUT2D eigenvalue weighted by molar-refractivity contribution is 5.85. The fraction of sp³-hybridized carbons (Fsp3) is 0.333. The second kappa shape index (κ2) is 7.48. The second-order valence-electron chi connectivity index (χ2n) is 5.56. The molecule has 2 aromatic carbocycles. The van der Waals surface area contributed by atoms with Crippen LogP contribution in [0.15, 0.2) is 54.6 Å². The Morgan fingerprint density at radius 2 is 1.67 bits per heavy atom. The van der Waals surface area contributed by atoms with Crippen molar-refractivity contribution in [2.75, 3.05) is 0 Å². The lowest BCUT2D eigenvalue weighted by atomic mass is 9.78. The molecule has 0 amide bonds. The van der Waals surface area contributed by atoms with Crippen molar-refractivity contribution in [3.8, 4) is 5.75 Å². The maximum absolute atomic E-state index is 6.27. The minimum Gasteiger partial charge on any atom is -0.489 e. The summed E-state index contributed by atoms with van der Waals surface area (Å²) in [4.78, 5) is 0. The largest absolute Gasteiger partial charge is 0.489 e. The zero-order chi connectivity index (χ0) is 13.8. The Morgan fingerprint density at radius 3 is 2.24 bits per heavy atom. The minimum absolute atomic E-state index is 0. The molecule has 0 radical (unpaired) electrons. The Balaban J connectivity index is 0.00000161. The van der Waals surface area contributed by atoms with E-state index in [-0.39, 0.29) is 18.4 Å². The van der Waals surface area contributed by atoms with Gasteiger partial charge < -0.3 is 10.5 Å². The molecule has 3 heteroatoms. The van der Waals surface area contributed by atoms with Crippen molar-refractivity contribution in [3.05, 3.63) is 65.7 Å². The molecule has 2 aromatic rings. The van der Waals surface area contributed by atoms with E-state index in [2.05, 4.69) is 24.3 Å². The van der Waals surface area contributed by atoms with Gasteiger partial charge >= 0.3 is 0 Å². The first-order valence-corrected chi connectivity index (χ1v) is 7.35. The molecule has 1 saturated carbocycles. The van der Waals surface area contributed by atoms with Gasteiger partial charge in [-0.1, -0.05) is 48.9 Å². The number of benzene rings is 2. The van der Waals surface area contributed by atoms with Crippen molar-refractivity contribution < 1.29 is 4.74 Å². The molecule has 112 valence electrons. The smallest absolute Gasteiger partial charge is 0.119 e. The zero-order valence-electron chi connectivity index (χ0n) is 12.1. The molecular formula is C18H22ClNO. The molecule has 0 bridgehead atoms. The van der Waals surface area contributed by atoms with Crippen LogP contribution in [0.1, 0.15) is 36.4 Å². The summed E-state index contributed by atoms with van der Waals surface area (Å²) < 4.78 is 5.79. The van der Waals surface area contributed by atoms with Crippen molar-refractivity contribution in [2.45, 2.75) is 31.9 Å². The number of hydrogen-bond acceptors (Lipinski definition) is 2. The molecule has 0 unspecified atom stereocenters. The number of ether oxygens (including phenoxy) is 1. The predicted molar refractivity (Wildman–Crippen MR) is 88.7 cm³/mol. The summed E-state index contributed by atoms with van der Waals surface area (Å²) >= 11 is 0. The molecule has 0 heterocycles. The van der Waals surface area contributed by atoms with Crippen LogP contribution in [0, 0.1) is 5.92 Å². The summed E-state index contributed by atoms with van der Waals surface area (Å²) in [5.41, 5.74) is 8.68. The normalized spacial score (nSPS) is 15.7. The summed E-state index contributed by atoms with van der Waals surface area (Å²) in [7, 11) is 0. The minimum atomic E-state index is 0. The summed E-state index contributed by atoms with van der Waals surface area (Å²) in [5, 5.41) is 0. The Kier molecular flexibility index (Phi) is 5.66. The van der Waals surface area contributed by atoms with E-state index in [0.29, 0.717) is 12.5 Å². The van der Waals surface area contributed by atoms with E-state index in [9.17, 15) is 0 Å². The first-order chi connectivity index (χ1) is 9.83. The summed E-state index contributed by atoms with van der Waals surface area (Å²) in [5.74, 6) is 1.57. The van der Waals surface area contributed by atoms with E-state index in [1.807, 2.05) is 30.3 Å². The monoisotopic (exact) mass is 303 g/mol. The first-order valence-electron chi connectivity index (χ1n) is 7.35. The molecular weight excluding hydrogens is 282 g/mol. The van der Waals surface area contributed by atoms with Gasteiger partial charge in [0.2, 0.25) is 0 Å². The number of hydrogen-bond donors (Lipinski definition) is 1. The van der Waals surface area contributed by atoms with Gasteiger partial charge in [0.1, 0.15) is 12.4 Å². The average Bonchev–Trinajstić information content (AvgIpc) is 2.45. The van der Waals surface area contributed by atoms with E-state index in [1.165, 1.54) is 30.4 Å². The first kappa shape index (κ1) is 15.9. The van der Waals surface area contributed by atoms with Crippen molar-refractivity contribution in [3.63, 3.8) is 0 Å². The maximum atomic E-state index is 6.27. The van der Waals surface area contributed by atoms with E-state index in [4.69, 9.17) is 10.5 Å². The Labute approximate surface area is 132 Å². The average molecular weight is 304 g/mol. The molecule has 1 atom stereocenters. The molecule has 2 N–H and O–H groups in total. The van der Waals surface area contributed by atoms with Gasteiger partial charge in [-0.15, -0.1) is 12.4 Å². The van der Waals surface area contributed by atoms with Crippen LogP contribution in [-0.4, -0.2) is 0 Å². The van der Waals surface area contributed by atoms with Crippen LogP contribution in [0.2, 0.25) is 0 Å². The van der Waals surface area contributed by atoms with Gasteiger partial charge in [0, 0.05) is 6.04 Å². The molecule has 1 fully saturated rings. The molecule has 0 saturated heterocycles. The van der Waals surface area contributed by atoms with Crippen LogP contribution in [0.3, 0.4) is 0 Å². The maximum Gasteiger partial charge on any atom is 0.119 e. The lowest BCUT2D eigenvalue weighted by Gasteiger charge is -2.31. The molecule has 1 aliphatic rings. The van der Waals surface area contributed by atoms with E-state index in [1.54, 1.807) is 0 Å². The van der Waals surface area contributed by atoms with Crippen LogP contribution in [0.4, 0.5) is 0 Å². The Bertz CT molecular complexity index is 537. The van der Waals surface area contributed by atoms with Crippen LogP contribution in [0.25, 0.3) is 0 Å². The molecule has 3 rings (SSSR count). The Hall–Kier alpha value is -1.51. The third kappa shape index (κ3) is 3.99. The van der Waals surface area contributed by atoms with Gasteiger partial charge in [0.05, 0.1) is 0 Å². The fourth-order valence-electron chi connectivity index (χ4n) is 2.60. The van der Waals surface area contributed by atoms with E-state index < -0.39 is 0 Å². The molecule has 0 aliphatic heterocycles. The quantitative estimate of drug-likeness (QED) is 0.883. The van der Waals surface area contributed by atoms with E-state index >= 15 is 0 Å². The van der Waals surface area contributed by atoms with Gasteiger partial charge in [0.15, 0.2) is 0 Å². The van der Waals surface area contributed by atoms with Gasteiger partial charge in [-0.3, -0.25) is 0 Å². The highest BCUT2D eigenvalue weighted by atomic mass is 35.5. The highest BCUT2D eigenvalue weighted by Gasteiger charge is 2.25. The zero-order valence-corrected chi connectivity index (χ0v) is 12.9. The Morgan fingerprint density at radius 1 is 1.00 bits per heavy atom. The van der Waals surface area contributed by atoms with Crippen molar-refractivity contribution in [1.82, 2.24) is 0 Å². The molecule has 21 heavy (non-hydrogen) atoms. The standard InChI is InChI=1S/C18H21NO.ClH/c19-18(15-7-4-8-15)16-9-11-17(12-10-16)20-13-14-5-2-1-3-6-14;/h1-3,5-6,9-12,15,18H,4,7-8,13,19H2;1H/t18-;/m1./s1. The fourth-order valence-corrected chi connectivity index (χ4v) is 2.60. The molecule has 0 aromatic heterocycles. The summed E-state index contributed by atoms with van der Waals surface area (Å²) in [6.45, 7) is 0.606. The highest BCUT2D eigenvalue weighted by Crippen LogP contribution is 2.36. The third-order valence-corrected chi connectivity index (χ3v) is 4.17. The van der Waals surface area contributed by atoms with E-state index in [0.717, 1.165) is 5.75 Å². The number of halogens is 1. The molecule has 0 spiro atoms. The van der Waals surface area contributed by atoms with Gasteiger partial charge in [-0.25, -0.2) is 0 Å². The molecule has 1 aliphatic carbocycles. The van der Waals surface area contributed by atoms with Crippen molar-refractivity contribution in [2.24, 2.45) is 11.7 Å². The number of rotatable bonds is 5. The van der Waals surface area contributed by atoms with Crippen molar-refractivity contribution in [1.29, 1.82) is 0 Å². The summed E-state index contributed by atoms with van der Waals surface area (Å²) in [6.07, 6.45) is 3.87.